The molecule has 1 aromatic carbocycles. The fraction of sp³-hybridized carbons (Fsp3) is 0.417. The quantitative estimate of drug-likeness (QED) is 0.852. The van der Waals surface area contributed by atoms with Crippen LogP contribution in [-0.2, 0) is 10.3 Å². The molecule has 0 aliphatic heterocycles. The van der Waals surface area contributed by atoms with E-state index >= 15 is 0 Å². The number of likely N-dealkylation sites (N-methyl/N-ethyl adjacent to an activating group) is 1. The maximum Gasteiger partial charge on any atom is 0.328 e. The van der Waals surface area contributed by atoms with Crippen molar-refractivity contribution in [1.82, 2.24) is 4.90 Å². The zero-order valence-corrected chi connectivity index (χ0v) is 9.70. The van der Waals surface area contributed by atoms with Crippen molar-refractivity contribution in [3.63, 3.8) is 0 Å². The Morgan fingerprint density at radius 3 is 2.50 bits per heavy atom. The maximum absolute atomic E-state index is 13.7. The summed E-state index contributed by atoms with van der Waals surface area (Å²) in [7, 11) is 1.67. The number of hydrogen-bond acceptors (Lipinski definition) is 2. The zero-order valence-electron chi connectivity index (χ0n) is 9.70. The average molecular weight is 225 g/mol. The van der Waals surface area contributed by atoms with Crippen LogP contribution in [0, 0.1) is 5.82 Å². The lowest BCUT2D eigenvalue weighted by Crippen LogP contribution is -2.48. The van der Waals surface area contributed by atoms with Crippen molar-refractivity contribution in [1.29, 1.82) is 0 Å². The van der Waals surface area contributed by atoms with E-state index in [0.29, 0.717) is 6.54 Å². The smallest absolute Gasteiger partial charge is 0.328 e. The highest BCUT2D eigenvalue weighted by molar-refractivity contribution is 5.80. The first-order valence-corrected chi connectivity index (χ1v) is 5.14. The summed E-state index contributed by atoms with van der Waals surface area (Å²) in [6, 6.07) is 5.98. The number of carboxylic acids is 1. The average Bonchev–Trinajstić information content (AvgIpc) is 2.27. The van der Waals surface area contributed by atoms with Gasteiger partial charge in [0.2, 0.25) is 0 Å². The van der Waals surface area contributed by atoms with Gasteiger partial charge in [0, 0.05) is 5.56 Å². The standard InChI is InChI=1S/C12H16FNO2/c1-4-14(3)12(2,11(15)16)9-7-5-6-8-10(9)13/h5-8H,4H2,1-3H3,(H,15,16). The summed E-state index contributed by atoms with van der Waals surface area (Å²) >= 11 is 0. The second-order valence-electron chi connectivity index (χ2n) is 3.87. The minimum absolute atomic E-state index is 0.187. The summed E-state index contributed by atoms with van der Waals surface area (Å²) in [5.74, 6) is -1.55. The van der Waals surface area contributed by atoms with Gasteiger partial charge in [0.05, 0.1) is 0 Å². The van der Waals surface area contributed by atoms with Crippen molar-refractivity contribution in [2.75, 3.05) is 13.6 Å². The summed E-state index contributed by atoms with van der Waals surface area (Å²) in [5, 5.41) is 9.30. The van der Waals surface area contributed by atoms with Crippen molar-refractivity contribution >= 4 is 5.97 Å². The molecule has 0 spiro atoms. The van der Waals surface area contributed by atoms with E-state index in [4.69, 9.17) is 0 Å². The highest BCUT2D eigenvalue weighted by atomic mass is 19.1. The molecule has 0 aromatic heterocycles. The Balaban J connectivity index is 3.33. The third-order valence-corrected chi connectivity index (χ3v) is 3.05. The minimum Gasteiger partial charge on any atom is -0.480 e. The molecule has 88 valence electrons. The number of rotatable bonds is 4. The SMILES string of the molecule is CCN(C)C(C)(C(=O)O)c1ccccc1F. The molecule has 1 unspecified atom stereocenters. The maximum atomic E-state index is 13.7. The van der Waals surface area contributed by atoms with Crippen LogP contribution in [0.4, 0.5) is 4.39 Å². The van der Waals surface area contributed by atoms with Crippen LogP contribution < -0.4 is 0 Å². The molecule has 3 nitrogen and oxygen atoms in total. The number of benzene rings is 1. The monoisotopic (exact) mass is 225 g/mol. The van der Waals surface area contributed by atoms with Gasteiger partial charge in [0.25, 0.3) is 0 Å². The van der Waals surface area contributed by atoms with E-state index in [1.807, 2.05) is 6.92 Å². The number of carbonyl (C=O) groups is 1. The van der Waals surface area contributed by atoms with Crippen LogP contribution in [0.25, 0.3) is 0 Å². The number of nitrogens with zero attached hydrogens (tertiary/aromatic N) is 1. The Kier molecular flexibility index (Phi) is 3.65. The van der Waals surface area contributed by atoms with Crippen LogP contribution in [0.15, 0.2) is 24.3 Å². The van der Waals surface area contributed by atoms with Gasteiger partial charge < -0.3 is 5.11 Å². The largest absolute Gasteiger partial charge is 0.480 e. The molecule has 1 atom stereocenters. The van der Waals surface area contributed by atoms with Crippen LogP contribution in [0.2, 0.25) is 0 Å². The first kappa shape index (κ1) is 12.6. The molecule has 0 fully saturated rings. The van der Waals surface area contributed by atoms with E-state index in [-0.39, 0.29) is 5.56 Å². The normalized spacial score (nSPS) is 14.8. The summed E-state index contributed by atoms with van der Waals surface area (Å²) in [5.41, 5.74) is -1.15. The molecule has 16 heavy (non-hydrogen) atoms. The second kappa shape index (κ2) is 4.61. The Hall–Kier alpha value is -1.42. The topological polar surface area (TPSA) is 40.5 Å². The Bertz CT molecular complexity index is 394. The first-order valence-electron chi connectivity index (χ1n) is 5.14. The number of carboxylic acid groups (broad SMARTS) is 1. The molecular weight excluding hydrogens is 209 g/mol. The molecule has 0 heterocycles. The third-order valence-electron chi connectivity index (χ3n) is 3.05. The van der Waals surface area contributed by atoms with E-state index in [9.17, 15) is 14.3 Å². The van der Waals surface area contributed by atoms with Crippen LogP contribution >= 0.6 is 0 Å². The van der Waals surface area contributed by atoms with Crippen LogP contribution in [0.3, 0.4) is 0 Å². The van der Waals surface area contributed by atoms with Gasteiger partial charge in [-0.1, -0.05) is 25.1 Å². The van der Waals surface area contributed by atoms with Gasteiger partial charge in [-0.05, 0) is 26.6 Å². The minimum atomic E-state index is -1.33. The van der Waals surface area contributed by atoms with Gasteiger partial charge in [-0.15, -0.1) is 0 Å². The van der Waals surface area contributed by atoms with Crippen molar-refractivity contribution in [2.45, 2.75) is 19.4 Å². The predicted octanol–water partition coefficient (Wildman–Crippen LogP) is 2.08. The van der Waals surface area contributed by atoms with Crippen molar-refractivity contribution < 1.29 is 14.3 Å². The van der Waals surface area contributed by atoms with Crippen LogP contribution in [-0.4, -0.2) is 29.6 Å². The summed E-state index contributed by atoms with van der Waals surface area (Å²) in [6.07, 6.45) is 0. The predicted molar refractivity (Wildman–Crippen MR) is 59.7 cm³/mol. The highest BCUT2D eigenvalue weighted by Crippen LogP contribution is 2.29. The van der Waals surface area contributed by atoms with Crippen LogP contribution in [0.1, 0.15) is 19.4 Å². The van der Waals surface area contributed by atoms with Gasteiger partial charge >= 0.3 is 5.97 Å². The Morgan fingerprint density at radius 2 is 2.06 bits per heavy atom. The van der Waals surface area contributed by atoms with Crippen molar-refractivity contribution in [3.8, 4) is 0 Å². The third kappa shape index (κ3) is 1.93. The molecule has 0 aliphatic rings. The number of halogens is 1. The van der Waals surface area contributed by atoms with Gasteiger partial charge in [-0.2, -0.15) is 0 Å². The van der Waals surface area contributed by atoms with Crippen LogP contribution in [0.5, 0.6) is 0 Å². The van der Waals surface area contributed by atoms with E-state index in [2.05, 4.69) is 0 Å². The zero-order chi connectivity index (χ0) is 12.3. The first-order chi connectivity index (χ1) is 7.44. The number of hydrogen-bond donors (Lipinski definition) is 1. The molecule has 0 saturated heterocycles. The van der Waals surface area contributed by atoms with E-state index < -0.39 is 17.3 Å². The molecule has 1 aromatic rings. The molecule has 0 bridgehead atoms. The summed E-state index contributed by atoms with van der Waals surface area (Å²) < 4.78 is 13.7. The van der Waals surface area contributed by atoms with Gasteiger partial charge in [0.1, 0.15) is 11.4 Å². The molecule has 0 aliphatic carbocycles. The lowest BCUT2D eigenvalue weighted by molar-refractivity contribution is -0.150. The summed E-state index contributed by atoms with van der Waals surface area (Å²) in [6.45, 7) is 3.87. The van der Waals surface area contributed by atoms with Gasteiger partial charge in [0.15, 0.2) is 0 Å². The highest BCUT2D eigenvalue weighted by Gasteiger charge is 2.40. The lowest BCUT2D eigenvalue weighted by atomic mass is 9.90. The second-order valence-corrected chi connectivity index (χ2v) is 3.87. The molecule has 4 heteroatoms. The fourth-order valence-corrected chi connectivity index (χ4v) is 1.66. The van der Waals surface area contributed by atoms with Crippen molar-refractivity contribution in [3.05, 3.63) is 35.6 Å². The van der Waals surface area contributed by atoms with Gasteiger partial charge in [-0.25, -0.2) is 9.18 Å². The number of aliphatic carboxylic acids is 1. The molecule has 0 saturated carbocycles. The van der Waals surface area contributed by atoms with Gasteiger partial charge in [-0.3, -0.25) is 4.90 Å². The Labute approximate surface area is 94.5 Å². The Morgan fingerprint density at radius 1 is 1.50 bits per heavy atom. The van der Waals surface area contributed by atoms with E-state index in [0.717, 1.165) is 0 Å². The summed E-state index contributed by atoms with van der Waals surface area (Å²) in [4.78, 5) is 13.0. The molecular formula is C12H16FNO2. The molecule has 1 N–H and O–H groups in total. The van der Waals surface area contributed by atoms with Crippen molar-refractivity contribution in [2.24, 2.45) is 0 Å². The lowest BCUT2D eigenvalue weighted by Gasteiger charge is -2.34. The molecule has 0 amide bonds. The van der Waals surface area contributed by atoms with E-state index in [1.54, 1.807) is 24.1 Å². The van der Waals surface area contributed by atoms with E-state index in [1.165, 1.54) is 19.1 Å². The molecule has 0 radical (unpaired) electrons. The fourth-order valence-electron chi connectivity index (χ4n) is 1.66. The molecule has 1 rings (SSSR count).